The first-order chi connectivity index (χ1) is 12.3. The van der Waals surface area contributed by atoms with Crippen LogP contribution in [0.5, 0.6) is 23.0 Å². The van der Waals surface area contributed by atoms with E-state index in [9.17, 15) is 13.5 Å². The Morgan fingerprint density at radius 1 is 1.04 bits per heavy atom. The van der Waals surface area contributed by atoms with E-state index in [0.717, 1.165) is 0 Å². The number of hydrazone groups is 1. The van der Waals surface area contributed by atoms with Crippen LogP contribution in [0.2, 0.25) is 0 Å². The molecule has 0 aliphatic carbocycles. The molecule has 0 aromatic heterocycles. The fourth-order valence-corrected chi connectivity index (χ4v) is 3.26. The van der Waals surface area contributed by atoms with Crippen molar-refractivity contribution >= 4 is 32.2 Å². The number of aromatic hydroxyl groups is 1. The number of benzene rings is 2. The Labute approximate surface area is 159 Å². The number of halogens is 1. The number of nitrogens with one attached hydrogen (secondary N) is 1. The number of ether oxygens (including phenoxy) is 3. The number of phenolic OH excluding ortho intramolecular Hbond substituents is 1. The van der Waals surface area contributed by atoms with Crippen LogP contribution in [0.3, 0.4) is 0 Å². The number of sulfonamides is 1. The number of hydrogen-bond donors (Lipinski definition) is 2. The van der Waals surface area contributed by atoms with Gasteiger partial charge in [-0.3, -0.25) is 0 Å². The van der Waals surface area contributed by atoms with Gasteiger partial charge in [-0.05, 0) is 40.2 Å². The Morgan fingerprint density at radius 2 is 1.65 bits per heavy atom. The van der Waals surface area contributed by atoms with Crippen LogP contribution in [-0.2, 0) is 10.0 Å². The van der Waals surface area contributed by atoms with Gasteiger partial charge < -0.3 is 19.3 Å². The number of methoxy groups -OCH3 is 3. The third kappa shape index (κ3) is 4.20. The molecule has 2 aromatic carbocycles. The third-order valence-corrected chi connectivity index (χ3v) is 5.42. The second-order valence-corrected chi connectivity index (χ2v) is 7.34. The molecule has 2 N–H and O–H groups in total. The molecule has 0 saturated heterocycles. The van der Waals surface area contributed by atoms with Gasteiger partial charge in [-0.1, -0.05) is 0 Å². The zero-order valence-corrected chi connectivity index (χ0v) is 16.6. The van der Waals surface area contributed by atoms with E-state index in [-0.39, 0.29) is 22.1 Å². The lowest BCUT2D eigenvalue weighted by Crippen LogP contribution is -2.18. The Balaban J connectivity index is 2.23. The Morgan fingerprint density at radius 3 is 2.27 bits per heavy atom. The highest BCUT2D eigenvalue weighted by molar-refractivity contribution is 9.10. The molecule has 2 rings (SSSR count). The number of hydrogen-bond acceptors (Lipinski definition) is 7. The first-order valence-corrected chi connectivity index (χ1v) is 9.44. The van der Waals surface area contributed by atoms with Gasteiger partial charge in [0, 0.05) is 11.6 Å². The summed E-state index contributed by atoms with van der Waals surface area (Å²) in [5.41, 5.74) is 0.457. The second kappa shape index (κ2) is 8.28. The normalized spacial score (nSPS) is 11.4. The molecular formula is C16H17BrN2O6S. The van der Waals surface area contributed by atoms with Gasteiger partial charge >= 0.3 is 0 Å². The molecule has 0 aliphatic rings. The van der Waals surface area contributed by atoms with Gasteiger partial charge in [0.2, 0.25) is 0 Å². The van der Waals surface area contributed by atoms with E-state index in [0.29, 0.717) is 15.8 Å². The fraction of sp³-hybridized carbons (Fsp3) is 0.188. The summed E-state index contributed by atoms with van der Waals surface area (Å²) in [7, 11) is 0.379. The van der Waals surface area contributed by atoms with Crippen LogP contribution in [0.4, 0.5) is 0 Å². The lowest BCUT2D eigenvalue weighted by atomic mass is 10.2. The second-order valence-electron chi connectivity index (χ2n) is 4.89. The van der Waals surface area contributed by atoms with Crippen LogP contribution in [0.1, 0.15) is 5.56 Å². The quantitative estimate of drug-likeness (QED) is 0.501. The Kier molecular flexibility index (Phi) is 6.32. The van der Waals surface area contributed by atoms with Gasteiger partial charge in [-0.25, -0.2) is 4.83 Å². The minimum absolute atomic E-state index is 0.0380. The molecule has 0 amide bonds. The molecule has 0 radical (unpaired) electrons. The predicted octanol–water partition coefficient (Wildman–Crippen LogP) is 2.49. The van der Waals surface area contributed by atoms with E-state index in [1.165, 1.54) is 51.8 Å². The van der Waals surface area contributed by atoms with E-state index in [1.807, 2.05) is 0 Å². The highest BCUT2D eigenvalue weighted by Gasteiger charge is 2.16. The van der Waals surface area contributed by atoms with Gasteiger partial charge in [0.25, 0.3) is 10.0 Å². The molecule has 0 aliphatic heterocycles. The highest BCUT2D eigenvalue weighted by Crippen LogP contribution is 2.35. The van der Waals surface area contributed by atoms with E-state index in [2.05, 4.69) is 25.9 Å². The molecule has 0 heterocycles. The molecule has 0 atom stereocenters. The van der Waals surface area contributed by atoms with Crippen molar-refractivity contribution in [1.29, 1.82) is 0 Å². The van der Waals surface area contributed by atoms with Gasteiger partial charge in [0.05, 0.1) is 36.9 Å². The van der Waals surface area contributed by atoms with Gasteiger partial charge in [-0.2, -0.15) is 13.5 Å². The lowest BCUT2D eigenvalue weighted by Gasteiger charge is -2.10. The average Bonchev–Trinajstić information content (AvgIpc) is 2.64. The smallest absolute Gasteiger partial charge is 0.276 e. The Bertz CT molecular complexity index is 931. The maximum Gasteiger partial charge on any atom is 0.276 e. The zero-order chi connectivity index (χ0) is 19.3. The first-order valence-electron chi connectivity index (χ1n) is 7.16. The molecule has 0 unspecified atom stereocenters. The molecule has 26 heavy (non-hydrogen) atoms. The summed E-state index contributed by atoms with van der Waals surface area (Å²) < 4.78 is 40.2. The van der Waals surface area contributed by atoms with Crippen LogP contribution in [-0.4, -0.2) is 41.1 Å². The summed E-state index contributed by atoms with van der Waals surface area (Å²) in [6.45, 7) is 0. The minimum Gasteiger partial charge on any atom is -0.503 e. The number of rotatable bonds is 7. The van der Waals surface area contributed by atoms with E-state index < -0.39 is 10.0 Å². The maximum absolute atomic E-state index is 12.3. The van der Waals surface area contributed by atoms with Crippen LogP contribution in [0.25, 0.3) is 0 Å². The van der Waals surface area contributed by atoms with Crippen molar-refractivity contribution in [2.75, 3.05) is 21.3 Å². The average molecular weight is 445 g/mol. The third-order valence-electron chi connectivity index (χ3n) is 3.37. The number of nitrogens with zero attached hydrogens (tertiary/aromatic N) is 1. The van der Waals surface area contributed by atoms with Crippen molar-refractivity contribution in [3.8, 4) is 23.0 Å². The largest absolute Gasteiger partial charge is 0.503 e. The standard InChI is InChI=1S/C16H17BrN2O6S/c1-23-12-7-5-11(8-14(12)25-3)26(21,22)19-18-9-10-4-6-13(24-2)16(20)15(10)17/h4-9,19-20H,1-3H3/b18-9+. The number of phenols is 1. The summed E-state index contributed by atoms with van der Waals surface area (Å²) in [5, 5.41) is 13.7. The SMILES string of the molecule is COc1ccc(S(=O)(=O)N/N=C/c2ccc(OC)c(O)c2Br)cc1OC. The van der Waals surface area contributed by atoms with E-state index in [4.69, 9.17) is 14.2 Å². The summed E-state index contributed by atoms with van der Waals surface area (Å²) in [6.07, 6.45) is 1.25. The topological polar surface area (TPSA) is 106 Å². The monoisotopic (exact) mass is 444 g/mol. The Hall–Kier alpha value is -2.46. The van der Waals surface area contributed by atoms with Crippen molar-refractivity contribution in [3.63, 3.8) is 0 Å². The fourth-order valence-electron chi connectivity index (χ4n) is 2.03. The van der Waals surface area contributed by atoms with Crippen molar-refractivity contribution in [3.05, 3.63) is 40.4 Å². The van der Waals surface area contributed by atoms with Crippen molar-refractivity contribution in [2.45, 2.75) is 4.90 Å². The molecule has 2 aromatic rings. The highest BCUT2D eigenvalue weighted by atomic mass is 79.9. The summed E-state index contributed by atoms with van der Waals surface area (Å²) >= 11 is 3.20. The van der Waals surface area contributed by atoms with Crippen LogP contribution < -0.4 is 19.0 Å². The lowest BCUT2D eigenvalue weighted by molar-refractivity contribution is 0.354. The molecule has 0 saturated carbocycles. The van der Waals surface area contributed by atoms with E-state index in [1.54, 1.807) is 6.07 Å². The van der Waals surface area contributed by atoms with Gasteiger partial charge in [0.15, 0.2) is 23.0 Å². The van der Waals surface area contributed by atoms with Crippen LogP contribution in [0.15, 0.2) is 44.8 Å². The predicted molar refractivity (Wildman–Crippen MR) is 99.8 cm³/mol. The summed E-state index contributed by atoms with van der Waals surface area (Å²) in [4.78, 5) is 2.06. The molecule has 8 nitrogen and oxygen atoms in total. The maximum atomic E-state index is 12.3. The summed E-state index contributed by atoms with van der Waals surface area (Å²) in [6, 6.07) is 7.32. The molecule has 0 spiro atoms. The molecular weight excluding hydrogens is 428 g/mol. The molecule has 10 heteroatoms. The zero-order valence-electron chi connectivity index (χ0n) is 14.2. The molecule has 0 bridgehead atoms. The molecule has 0 fully saturated rings. The van der Waals surface area contributed by atoms with Gasteiger partial charge in [-0.15, -0.1) is 0 Å². The van der Waals surface area contributed by atoms with Gasteiger partial charge in [0.1, 0.15) is 0 Å². The summed E-state index contributed by atoms with van der Waals surface area (Å²) in [5.74, 6) is 0.855. The minimum atomic E-state index is -3.91. The van der Waals surface area contributed by atoms with Crippen molar-refractivity contribution < 1.29 is 27.7 Å². The van der Waals surface area contributed by atoms with Crippen molar-refractivity contribution in [1.82, 2.24) is 4.83 Å². The first kappa shape index (κ1) is 19.9. The van der Waals surface area contributed by atoms with Crippen molar-refractivity contribution in [2.24, 2.45) is 5.10 Å². The molecule has 140 valence electrons. The van der Waals surface area contributed by atoms with Crippen LogP contribution in [0, 0.1) is 0 Å². The van der Waals surface area contributed by atoms with Crippen LogP contribution >= 0.6 is 15.9 Å². The van der Waals surface area contributed by atoms with E-state index >= 15 is 0 Å².